The van der Waals surface area contributed by atoms with E-state index >= 15 is 0 Å². The summed E-state index contributed by atoms with van der Waals surface area (Å²) >= 11 is 2.21. The zero-order valence-corrected chi connectivity index (χ0v) is 31.5. The Morgan fingerprint density at radius 3 is 2.60 bits per heavy atom. The van der Waals surface area contributed by atoms with Crippen LogP contribution in [0.25, 0.3) is 0 Å². The predicted molar refractivity (Wildman–Crippen MR) is 219 cm³/mol. The zero-order chi connectivity index (χ0) is 35.1. The second-order valence-corrected chi connectivity index (χ2v) is 18.3. The van der Waals surface area contributed by atoms with E-state index in [1.165, 1.54) is 41.9 Å². The van der Waals surface area contributed by atoms with E-state index in [1.807, 2.05) is 0 Å². The number of fused-ring (bicyclic) bond motifs is 8. The molecule has 3 aliphatic heterocycles. The molecule has 0 saturated carbocycles. The molecular formula is C49H50N2OS. The van der Waals surface area contributed by atoms with Crippen molar-refractivity contribution < 1.29 is 4.74 Å². The van der Waals surface area contributed by atoms with Gasteiger partial charge in [-0.1, -0.05) is 128 Å². The highest BCUT2D eigenvalue weighted by molar-refractivity contribution is 8.04. The van der Waals surface area contributed by atoms with E-state index in [2.05, 4.69) is 174 Å². The highest BCUT2D eigenvalue weighted by Gasteiger charge is 2.55. The molecule has 0 N–H and O–H groups in total. The fourth-order valence-corrected chi connectivity index (χ4v) is 13.5. The van der Waals surface area contributed by atoms with Crippen molar-refractivity contribution in [3.05, 3.63) is 173 Å². The van der Waals surface area contributed by atoms with Crippen molar-refractivity contribution in [3.63, 3.8) is 0 Å². The van der Waals surface area contributed by atoms with Crippen LogP contribution in [-0.4, -0.2) is 40.0 Å². The maximum absolute atomic E-state index is 6.96. The van der Waals surface area contributed by atoms with Gasteiger partial charge in [0.1, 0.15) is 0 Å². The lowest BCUT2D eigenvalue weighted by atomic mass is 9.72. The quantitative estimate of drug-likeness (QED) is 0.287. The lowest BCUT2D eigenvalue weighted by Gasteiger charge is -2.46. The fraction of sp³-hybridized carbons (Fsp3) is 0.388. The Bertz CT molecular complexity index is 2050. The number of benzene rings is 2. The van der Waals surface area contributed by atoms with Crippen LogP contribution in [0.2, 0.25) is 0 Å². The Morgan fingerprint density at radius 2 is 1.72 bits per heavy atom. The van der Waals surface area contributed by atoms with Crippen molar-refractivity contribution in [2.45, 2.75) is 86.4 Å². The number of ether oxygens (including phenoxy) is 1. The van der Waals surface area contributed by atoms with E-state index in [4.69, 9.17) is 4.74 Å². The minimum atomic E-state index is -0.292. The minimum absolute atomic E-state index is 0.0683. The highest BCUT2D eigenvalue weighted by atomic mass is 32.2. The number of allylic oxidation sites excluding steroid dienone is 10. The molecule has 0 bridgehead atoms. The van der Waals surface area contributed by atoms with Gasteiger partial charge in [-0.25, -0.2) is 0 Å². The molecule has 0 spiro atoms. The van der Waals surface area contributed by atoms with Gasteiger partial charge in [-0.3, -0.25) is 0 Å². The van der Waals surface area contributed by atoms with Gasteiger partial charge >= 0.3 is 0 Å². The Balaban J connectivity index is 1.01. The van der Waals surface area contributed by atoms with Gasteiger partial charge in [-0.05, 0) is 85.6 Å². The zero-order valence-electron chi connectivity index (χ0n) is 30.7. The van der Waals surface area contributed by atoms with E-state index < -0.39 is 0 Å². The topological polar surface area (TPSA) is 15.7 Å². The molecule has 11 rings (SSSR count). The van der Waals surface area contributed by atoms with Gasteiger partial charge in [0.15, 0.2) is 0 Å². The molecule has 4 heteroatoms. The third-order valence-corrected chi connectivity index (χ3v) is 15.7. The van der Waals surface area contributed by atoms with Gasteiger partial charge in [-0.15, -0.1) is 11.8 Å². The number of hydrogen-bond donors (Lipinski definition) is 0. The van der Waals surface area contributed by atoms with Gasteiger partial charge in [0.2, 0.25) is 0 Å². The van der Waals surface area contributed by atoms with Crippen LogP contribution in [0, 0.1) is 29.6 Å². The summed E-state index contributed by atoms with van der Waals surface area (Å²) in [5.74, 6) is 2.57. The molecule has 0 amide bonds. The molecule has 2 fully saturated rings. The first-order valence-corrected chi connectivity index (χ1v) is 21.3. The van der Waals surface area contributed by atoms with E-state index in [1.54, 1.807) is 10.5 Å². The largest absolute Gasteiger partial charge is 0.363 e. The molecule has 12 atom stereocenters. The van der Waals surface area contributed by atoms with Gasteiger partial charge in [0.05, 0.1) is 23.8 Å². The van der Waals surface area contributed by atoms with Crippen molar-refractivity contribution in [1.82, 2.24) is 4.90 Å². The van der Waals surface area contributed by atoms with Crippen molar-refractivity contribution in [3.8, 4) is 0 Å². The van der Waals surface area contributed by atoms with Gasteiger partial charge in [-0.2, -0.15) is 0 Å². The van der Waals surface area contributed by atoms with Gasteiger partial charge in [0, 0.05) is 58.0 Å². The molecule has 268 valence electrons. The molecule has 3 nitrogen and oxygen atoms in total. The molecule has 9 aliphatic rings. The van der Waals surface area contributed by atoms with Crippen LogP contribution in [0.1, 0.15) is 56.9 Å². The lowest BCUT2D eigenvalue weighted by molar-refractivity contribution is 0.0128. The third kappa shape index (κ3) is 5.18. The first-order chi connectivity index (χ1) is 26.1. The molecule has 2 saturated heterocycles. The summed E-state index contributed by atoms with van der Waals surface area (Å²) in [7, 11) is 0. The van der Waals surface area contributed by atoms with Crippen molar-refractivity contribution in [2.24, 2.45) is 29.6 Å². The molecular weight excluding hydrogens is 665 g/mol. The Hall–Kier alpha value is -3.99. The standard InChI is InChI=1S/C49H50N2OS/c1-49-29-11-10-19-39(49)48-42(20-12-22-44(48)52-49)51(41-21-13-24-46-47(41)37-18-8-9-23-45(37)53-46)35-26-28-40-38(31-35)36-27-25-33(32-14-4-2-5-15-32)30-43(36)50(40)34-16-6-3-7-17-34/h2-8,10-12,14-22,25-29,33,35-40,43-45,48H,9,13,23-24,30-31H2,1H3/t33?,35?,36?,37?,38-,39?,40?,43+,44?,45?,48?,49?/m0/s1. The van der Waals surface area contributed by atoms with Crippen LogP contribution < -0.4 is 4.90 Å². The molecule has 2 aromatic rings. The van der Waals surface area contributed by atoms with Crippen LogP contribution in [0.5, 0.6) is 0 Å². The van der Waals surface area contributed by atoms with Crippen LogP contribution in [0.15, 0.2) is 168 Å². The second kappa shape index (κ2) is 12.8. The van der Waals surface area contributed by atoms with Crippen LogP contribution in [0.3, 0.4) is 0 Å². The summed E-state index contributed by atoms with van der Waals surface area (Å²) in [6, 6.07) is 23.6. The Kier molecular flexibility index (Phi) is 7.84. The summed E-state index contributed by atoms with van der Waals surface area (Å²) in [6.45, 7) is 2.30. The molecule has 53 heavy (non-hydrogen) atoms. The van der Waals surface area contributed by atoms with Gasteiger partial charge in [0.25, 0.3) is 0 Å². The highest BCUT2D eigenvalue weighted by Crippen LogP contribution is 2.58. The first kappa shape index (κ1) is 32.4. The summed E-state index contributed by atoms with van der Waals surface area (Å²) in [4.78, 5) is 7.33. The molecule has 2 aromatic carbocycles. The number of thioether (sulfide) groups is 1. The SMILES string of the molecule is CC12C=CC=CC1C1C(N(C3=CCCC4=C3C3C=CCCC3S4)C3C=CC4[C@@H](C3)C3C=CC(c5ccccc5)C[C@H]3N4c3ccccc3)=CC=CC1O2. The van der Waals surface area contributed by atoms with Crippen molar-refractivity contribution in [1.29, 1.82) is 0 Å². The maximum atomic E-state index is 6.96. The fourth-order valence-electron chi connectivity index (χ4n) is 11.9. The normalized spacial score (nSPS) is 39.9. The lowest BCUT2D eigenvalue weighted by Crippen LogP contribution is -2.45. The van der Waals surface area contributed by atoms with Crippen molar-refractivity contribution in [2.75, 3.05) is 4.90 Å². The molecule has 0 radical (unpaired) electrons. The molecule has 3 heterocycles. The van der Waals surface area contributed by atoms with E-state index in [9.17, 15) is 0 Å². The summed E-state index contributed by atoms with van der Waals surface area (Å²) in [6.07, 6.45) is 41.5. The maximum Gasteiger partial charge on any atom is 0.0915 e. The van der Waals surface area contributed by atoms with E-state index in [-0.39, 0.29) is 23.7 Å². The van der Waals surface area contributed by atoms with Crippen LogP contribution >= 0.6 is 11.8 Å². The summed E-state index contributed by atoms with van der Waals surface area (Å²) in [5.41, 5.74) is 7.08. The van der Waals surface area contributed by atoms with Crippen LogP contribution in [0.4, 0.5) is 5.69 Å². The second-order valence-electron chi connectivity index (χ2n) is 16.9. The molecule has 0 aromatic heterocycles. The summed E-state index contributed by atoms with van der Waals surface area (Å²) in [5, 5.41) is 0.678. The van der Waals surface area contributed by atoms with E-state index in [0.717, 1.165) is 19.3 Å². The molecule has 6 aliphatic carbocycles. The number of rotatable bonds is 5. The average molecular weight is 715 g/mol. The van der Waals surface area contributed by atoms with Crippen molar-refractivity contribution >= 4 is 17.4 Å². The Labute approximate surface area is 319 Å². The summed E-state index contributed by atoms with van der Waals surface area (Å²) < 4.78 is 6.96. The number of para-hydroxylation sites is 1. The number of nitrogens with zero attached hydrogens (tertiary/aromatic N) is 2. The third-order valence-electron chi connectivity index (χ3n) is 14.1. The average Bonchev–Trinajstić information content (AvgIpc) is 3.85. The first-order valence-electron chi connectivity index (χ1n) is 20.4. The monoisotopic (exact) mass is 714 g/mol. The number of anilines is 1. The van der Waals surface area contributed by atoms with Gasteiger partial charge < -0.3 is 14.5 Å². The predicted octanol–water partition coefficient (Wildman–Crippen LogP) is 10.8. The molecule has 10 unspecified atom stereocenters. The smallest absolute Gasteiger partial charge is 0.0915 e. The Morgan fingerprint density at radius 1 is 0.849 bits per heavy atom. The van der Waals surface area contributed by atoms with Crippen LogP contribution in [-0.2, 0) is 4.74 Å². The number of hydrogen-bond acceptors (Lipinski definition) is 4. The minimum Gasteiger partial charge on any atom is -0.363 e. The van der Waals surface area contributed by atoms with E-state index in [0.29, 0.717) is 46.9 Å².